The van der Waals surface area contributed by atoms with Crippen molar-refractivity contribution < 1.29 is 19.1 Å². The SMILES string of the molecule is COc1cc(C(=O)N2CCC3(CC2)CCN(C(=O)c2cc(Cl)nc(OC)c2)C3)cc(Cl)n1. The molecule has 0 aromatic carbocycles. The van der Waals surface area contributed by atoms with E-state index in [9.17, 15) is 9.59 Å². The molecule has 0 saturated carbocycles. The van der Waals surface area contributed by atoms with Gasteiger partial charge in [0.05, 0.1) is 14.2 Å². The van der Waals surface area contributed by atoms with Crippen LogP contribution in [0.1, 0.15) is 40.0 Å². The zero-order valence-corrected chi connectivity index (χ0v) is 19.4. The minimum Gasteiger partial charge on any atom is -0.481 e. The van der Waals surface area contributed by atoms with Gasteiger partial charge in [0.15, 0.2) is 0 Å². The third kappa shape index (κ3) is 4.61. The monoisotopic (exact) mass is 478 g/mol. The van der Waals surface area contributed by atoms with E-state index in [-0.39, 0.29) is 27.5 Å². The van der Waals surface area contributed by atoms with Gasteiger partial charge in [0.25, 0.3) is 11.8 Å². The summed E-state index contributed by atoms with van der Waals surface area (Å²) in [4.78, 5) is 37.7. The molecule has 10 heteroatoms. The van der Waals surface area contributed by atoms with Crippen LogP contribution in [0, 0.1) is 5.41 Å². The fourth-order valence-electron chi connectivity index (χ4n) is 4.47. The van der Waals surface area contributed by atoms with E-state index in [4.69, 9.17) is 32.7 Å². The number of carbonyl (C=O) groups excluding carboxylic acids is 2. The molecule has 4 heterocycles. The van der Waals surface area contributed by atoms with E-state index in [0.29, 0.717) is 49.1 Å². The third-order valence-corrected chi connectivity index (χ3v) is 6.68. The summed E-state index contributed by atoms with van der Waals surface area (Å²) in [6, 6.07) is 6.32. The lowest BCUT2D eigenvalue weighted by Gasteiger charge is -2.39. The lowest BCUT2D eigenvalue weighted by molar-refractivity contribution is 0.0565. The highest BCUT2D eigenvalue weighted by molar-refractivity contribution is 6.30. The standard InChI is InChI=1S/C22H24Cl2N4O4/c1-31-18-11-14(9-16(23)25-18)20(29)27-6-3-22(4-7-27)5-8-28(13-22)21(30)15-10-17(24)26-19(12-15)32-2/h9-12H,3-8,13H2,1-2H3. The number of likely N-dealkylation sites (tertiary alicyclic amines) is 2. The Bertz CT molecular complexity index is 1040. The van der Waals surface area contributed by atoms with Crippen molar-refractivity contribution in [2.24, 2.45) is 5.41 Å². The molecule has 2 aromatic rings. The number of piperidine rings is 1. The summed E-state index contributed by atoms with van der Waals surface area (Å²) in [6.07, 6.45) is 2.57. The van der Waals surface area contributed by atoms with Crippen LogP contribution in [0.4, 0.5) is 0 Å². The molecule has 2 aromatic heterocycles. The van der Waals surface area contributed by atoms with Crippen molar-refractivity contribution in [3.63, 3.8) is 0 Å². The number of halogens is 2. The first-order valence-corrected chi connectivity index (χ1v) is 11.1. The van der Waals surface area contributed by atoms with Gasteiger partial charge in [0, 0.05) is 49.4 Å². The normalized spacial score (nSPS) is 17.5. The van der Waals surface area contributed by atoms with Gasteiger partial charge in [-0.05, 0) is 36.8 Å². The predicted molar refractivity (Wildman–Crippen MR) is 120 cm³/mol. The average Bonchev–Trinajstić information content (AvgIpc) is 3.21. The second kappa shape index (κ2) is 9.11. The maximum atomic E-state index is 13.0. The molecule has 32 heavy (non-hydrogen) atoms. The molecule has 2 fully saturated rings. The first-order chi connectivity index (χ1) is 15.3. The van der Waals surface area contributed by atoms with Crippen LogP contribution in [0.3, 0.4) is 0 Å². The summed E-state index contributed by atoms with van der Waals surface area (Å²) in [5.74, 6) is 0.454. The molecule has 0 bridgehead atoms. The number of hydrogen-bond donors (Lipinski definition) is 0. The number of ether oxygens (including phenoxy) is 2. The zero-order valence-electron chi connectivity index (χ0n) is 17.9. The molecular weight excluding hydrogens is 455 g/mol. The molecule has 2 aliphatic heterocycles. The number of aromatic nitrogens is 2. The van der Waals surface area contributed by atoms with E-state index in [2.05, 4.69) is 9.97 Å². The van der Waals surface area contributed by atoms with Crippen molar-refractivity contribution in [1.29, 1.82) is 0 Å². The molecule has 170 valence electrons. The van der Waals surface area contributed by atoms with Gasteiger partial charge in [0.1, 0.15) is 10.3 Å². The third-order valence-electron chi connectivity index (χ3n) is 6.29. The summed E-state index contributed by atoms with van der Waals surface area (Å²) in [7, 11) is 2.98. The Morgan fingerprint density at radius 1 is 0.812 bits per heavy atom. The van der Waals surface area contributed by atoms with Crippen molar-refractivity contribution in [3.05, 3.63) is 45.7 Å². The smallest absolute Gasteiger partial charge is 0.254 e. The predicted octanol–water partition coefficient (Wildman–Crippen LogP) is 3.57. The van der Waals surface area contributed by atoms with Gasteiger partial charge in [-0.3, -0.25) is 9.59 Å². The highest BCUT2D eigenvalue weighted by Gasteiger charge is 2.43. The Labute approximate surface area is 196 Å². The zero-order chi connectivity index (χ0) is 22.9. The van der Waals surface area contributed by atoms with Gasteiger partial charge in [-0.2, -0.15) is 0 Å². The maximum absolute atomic E-state index is 13.0. The number of rotatable bonds is 4. The number of hydrogen-bond acceptors (Lipinski definition) is 6. The minimum atomic E-state index is -0.0908. The molecule has 8 nitrogen and oxygen atoms in total. The quantitative estimate of drug-likeness (QED) is 0.624. The van der Waals surface area contributed by atoms with Crippen LogP contribution in [0.2, 0.25) is 10.3 Å². The molecule has 1 spiro atoms. The molecule has 0 unspecified atom stereocenters. The molecule has 0 N–H and O–H groups in total. The summed E-state index contributed by atoms with van der Waals surface area (Å²) in [6.45, 7) is 2.58. The first-order valence-electron chi connectivity index (χ1n) is 10.3. The summed E-state index contributed by atoms with van der Waals surface area (Å²) >= 11 is 12.0. The van der Waals surface area contributed by atoms with Gasteiger partial charge in [0.2, 0.25) is 11.8 Å². The van der Waals surface area contributed by atoms with E-state index < -0.39 is 0 Å². The largest absolute Gasteiger partial charge is 0.481 e. The van der Waals surface area contributed by atoms with Crippen molar-refractivity contribution in [1.82, 2.24) is 19.8 Å². The molecule has 2 saturated heterocycles. The fraction of sp³-hybridized carbons (Fsp3) is 0.455. The fourth-order valence-corrected chi connectivity index (χ4v) is 4.87. The molecule has 4 rings (SSSR count). The van der Waals surface area contributed by atoms with Crippen LogP contribution >= 0.6 is 23.2 Å². The maximum Gasteiger partial charge on any atom is 0.254 e. The van der Waals surface area contributed by atoms with Gasteiger partial charge < -0.3 is 19.3 Å². The average molecular weight is 479 g/mol. The van der Waals surface area contributed by atoms with Gasteiger partial charge in [-0.1, -0.05) is 23.2 Å². The number of pyridine rings is 2. The Balaban J connectivity index is 1.40. The number of methoxy groups -OCH3 is 2. The molecular formula is C22H24Cl2N4O4. The van der Waals surface area contributed by atoms with Crippen molar-refractivity contribution >= 4 is 35.0 Å². The summed E-state index contributed by atoms with van der Waals surface area (Å²) < 4.78 is 10.2. The van der Waals surface area contributed by atoms with Crippen LogP contribution in [0.25, 0.3) is 0 Å². The van der Waals surface area contributed by atoms with Crippen LogP contribution in [-0.2, 0) is 0 Å². The van der Waals surface area contributed by atoms with E-state index in [1.54, 1.807) is 24.3 Å². The molecule has 0 radical (unpaired) electrons. The first kappa shape index (κ1) is 22.6. The second-order valence-corrected chi connectivity index (χ2v) is 8.99. The lowest BCUT2D eigenvalue weighted by atomic mass is 9.77. The highest BCUT2D eigenvalue weighted by Crippen LogP contribution is 2.41. The number of nitrogens with zero attached hydrogens (tertiary/aromatic N) is 4. The molecule has 0 atom stereocenters. The van der Waals surface area contributed by atoms with Crippen molar-refractivity contribution in [2.75, 3.05) is 40.4 Å². The molecule has 2 amide bonds. The van der Waals surface area contributed by atoms with Crippen LogP contribution in [0.5, 0.6) is 11.8 Å². The van der Waals surface area contributed by atoms with E-state index in [1.807, 2.05) is 9.80 Å². The highest BCUT2D eigenvalue weighted by atomic mass is 35.5. The van der Waals surface area contributed by atoms with Crippen molar-refractivity contribution in [2.45, 2.75) is 19.3 Å². The minimum absolute atomic E-state index is 0.0148. The Morgan fingerprint density at radius 2 is 1.25 bits per heavy atom. The summed E-state index contributed by atoms with van der Waals surface area (Å²) in [5, 5.41) is 0.445. The van der Waals surface area contributed by atoms with Crippen LogP contribution in [-0.4, -0.2) is 72.0 Å². The number of carbonyl (C=O) groups is 2. The van der Waals surface area contributed by atoms with E-state index in [0.717, 1.165) is 19.3 Å². The lowest BCUT2D eigenvalue weighted by Crippen LogP contribution is -2.44. The van der Waals surface area contributed by atoms with Crippen molar-refractivity contribution in [3.8, 4) is 11.8 Å². The van der Waals surface area contributed by atoms with Crippen LogP contribution in [0.15, 0.2) is 24.3 Å². The van der Waals surface area contributed by atoms with Gasteiger partial charge in [-0.25, -0.2) is 9.97 Å². The van der Waals surface area contributed by atoms with Gasteiger partial charge >= 0.3 is 0 Å². The van der Waals surface area contributed by atoms with Gasteiger partial charge in [-0.15, -0.1) is 0 Å². The Hall–Kier alpha value is -2.58. The van der Waals surface area contributed by atoms with Crippen LogP contribution < -0.4 is 9.47 Å². The second-order valence-electron chi connectivity index (χ2n) is 8.21. The number of amides is 2. The topological polar surface area (TPSA) is 84.9 Å². The van der Waals surface area contributed by atoms with E-state index in [1.165, 1.54) is 14.2 Å². The molecule has 0 aliphatic carbocycles. The molecule has 2 aliphatic rings. The van der Waals surface area contributed by atoms with E-state index >= 15 is 0 Å². The Morgan fingerprint density at radius 3 is 1.72 bits per heavy atom. The summed E-state index contributed by atoms with van der Waals surface area (Å²) in [5.41, 5.74) is 0.945. The Kier molecular flexibility index (Phi) is 6.44.